The van der Waals surface area contributed by atoms with E-state index in [0.29, 0.717) is 6.04 Å². The molecule has 0 radical (unpaired) electrons. The molecule has 0 bridgehead atoms. The highest BCUT2D eigenvalue weighted by molar-refractivity contribution is 5.06. The monoisotopic (exact) mass is 282 g/mol. The summed E-state index contributed by atoms with van der Waals surface area (Å²) in [6, 6.07) is 2.85. The van der Waals surface area contributed by atoms with Gasteiger partial charge in [0.15, 0.2) is 0 Å². The minimum Gasteiger partial charge on any atom is -0.309 e. The van der Waals surface area contributed by atoms with Crippen LogP contribution in [0.5, 0.6) is 0 Å². The molecule has 0 aliphatic carbocycles. The third-order valence-electron chi connectivity index (χ3n) is 3.67. The Labute approximate surface area is 126 Å². The predicted octanol–water partition coefficient (Wildman–Crippen LogP) is 2.32. The zero-order chi connectivity index (χ0) is 15.6. The molecule has 1 N–H and O–H groups in total. The summed E-state index contributed by atoms with van der Waals surface area (Å²) in [6.45, 7) is 9.64. The van der Waals surface area contributed by atoms with Crippen molar-refractivity contribution in [3.63, 3.8) is 0 Å². The lowest BCUT2D eigenvalue weighted by molar-refractivity contribution is 0.271. The van der Waals surface area contributed by atoms with Crippen LogP contribution in [0.1, 0.15) is 46.5 Å². The number of rotatable bonds is 11. The second kappa shape index (κ2) is 10.1. The molecule has 0 spiro atoms. The van der Waals surface area contributed by atoms with Crippen LogP contribution >= 0.6 is 0 Å². The van der Waals surface area contributed by atoms with Gasteiger partial charge in [-0.15, -0.1) is 0 Å². The van der Waals surface area contributed by atoms with Gasteiger partial charge < -0.3 is 9.80 Å². The first-order valence-corrected chi connectivity index (χ1v) is 7.87. The molecule has 0 aromatic heterocycles. The van der Waals surface area contributed by atoms with Crippen molar-refractivity contribution in [1.82, 2.24) is 15.1 Å². The van der Waals surface area contributed by atoms with Crippen LogP contribution in [0.15, 0.2) is 0 Å². The Morgan fingerprint density at radius 3 is 2.15 bits per heavy atom. The van der Waals surface area contributed by atoms with E-state index < -0.39 is 0 Å². The Bertz CT molecular complexity index is 283. The van der Waals surface area contributed by atoms with E-state index in [9.17, 15) is 5.26 Å². The second-order valence-electron chi connectivity index (χ2n) is 6.41. The number of hydrogen-bond donors (Lipinski definition) is 1. The van der Waals surface area contributed by atoms with Gasteiger partial charge in [-0.3, -0.25) is 5.32 Å². The van der Waals surface area contributed by atoms with Crippen molar-refractivity contribution in [1.29, 1.82) is 5.26 Å². The SMILES string of the molecule is CCC(C#N)(CCCN(C)CCCN(C)C)NC(C)C. The zero-order valence-corrected chi connectivity index (χ0v) is 14.4. The molecular weight excluding hydrogens is 248 g/mol. The topological polar surface area (TPSA) is 42.3 Å². The van der Waals surface area contributed by atoms with Crippen LogP contribution in [0.2, 0.25) is 0 Å². The first kappa shape index (κ1) is 19.4. The molecule has 0 aromatic carbocycles. The molecule has 118 valence electrons. The Hall–Kier alpha value is -0.630. The summed E-state index contributed by atoms with van der Waals surface area (Å²) < 4.78 is 0. The Morgan fingerprint density at radius 1 is 1.10 bits per heavy atom. The molecule has 20 heavy (non-hydrogen) atoms. The highest BCUT2D eigenvalue weighted by Crippen LogP contribution is 2.17. The zero-order valence-electron chi connectivity index (χ0n) is 14.4. The fourth-order valence-corrected chi connectivity index (χ4v) is 2.49. The van der Waals surface area contributed by atoms with E-state index in [1.165, 1.54) is 6.42 Å². The molecule has 1 atom stereocenters. The van der Waals surface area contributed by atoms with Crippen LogP contribution in [0.3, 0.4) is 0 Å². The average Bonchev–Trinajstić information content (AvgIpc) is 2.36. The third-order valence-corrected chi connectivity index (χ3v) is 3.67. The Balaban J connectivity index is 4.02. The molecule has 0 aliphatic heterocycles. The van der Waals surface area contributed by atoms with Gasteiger partial charge >= 0.3 is 0 Å². The molecule has 0 fully saturated rings. The summed E-state index contributed by atoms with van der Waals surface area (Å²) in [6.07, 6.45) is 4.06. The van der Waals surface area contributed by atoms with E-state index >= 15 is 0 Å². The molecule has 0 amide bonds. The maximum absolute atomic E-state index is 9.46. The Morgan fingerprint density at radius 2 is 1.70 bits per heavy atom. The largest absolute Gasteiger partial charge is 0.309 e. The minimum absolute atomic E-state index is 0.349. The highest BCUT2D eigenvalue weighted by atomic mass is 15.1. The average molecular weight is 282 g/mol. The lowest BCUT2D eigenvalue weighted by atomic mass is 9.91. The smallest absolute Gasteiger partial charge is 0.106 e. The molecule has 0 rings (SSSR count). The van der Waals surface area contributed by atoms with Crippen molar-refractivity contribution in [3.8, 4) is 6.07 Å². The summed E-state index contributed by atoms with van der Waals surface area (Å²) in [7, 11) is 6.39. The number of nitrogens with one attached hydrogen (secondary N) is 1. The van der Waals surface area contributed by atoms with Gasteiger partial charge in [-0.2, -0.15) is 5.26 Å². The molecule has 0 saturated carbocycles. The fourth-order valence-electron chi connectivity index (χ4n) is 2.49. The molecular formula is C16H34N4. The summed E-state index contributed by atoms with van der Waals surface area (Å²) in [5.41, 5.74) is -0.349. The maximum Gasteiger partial charge on any atom is 0.106 e. The third kappa shape index (κ3) is 8.52. The van der Waals surface area contributed by atoms with Crippen LogP contribution in [-0.4, -0.2) is 62.2 Å². The number of nitrogens with zero attached hydrogens (tertiary/aromatic N) is 3. The highest BCUT2D eigenvalue weighted by Gasteiger charge is 2.27. The van der Waals surface area contributed by atoms with E-state index in [2.05, 4.69) is 63.1 Å². The van der Waals surface area contributed by atoms with Gasteiger partial charge in [0.2, 0.25) is 0 Å². The van der Waals surface area contributed by atoms with Gasteiger partial charge in [-0.25, -0.2) is 0 Å². The maximum atomic E-state index is 9.46. The van der Waals surface area contributed by atoms with Crippen molar-refractivity contribution in [3.05, 3.63) is 0 Å². The second-order valence-corrected chi connectivity index (χ2v) is 6.41. The van der Waals surface area contributed by atoms with Gasteiger partial charge in [-0.1, -0.05) is 6.92 Å². The standard InChI is InChI=1S/C16H34N4/c1-7-16(14-17,18-15(2)3)10-8-12-20(6)13-9-11-19(4)5/h15,18H,7-13H2,1-6H3. The van der Waals surface area contributed by atoms with E-state index in [1.807, 2.05) is 0 Å². The normalized spacial score (nSPS) is 14.8. The molecule has 0 heterocycles. The van der Waals surface area contributed by atoms with Gasteiger partial charge in [0.1, 0.15) is 5.54 Å². The lowest BCUT2D eigenvalue weighted by Crippen LogP contribution is -2.47. The lowest BCUT2D eigenvalue weighted by Gasteiger charge is -2.30. The van der Waals surface area contributed by atoms with Crippen molar-refractivity contribution >= 4 is 0 Å². The molecule has 0 saturated heterocycles. The predicted molar refractivity (Wildman–Crippen MR) is 86.8 cm³/mol. The fraction of sp³-hybridized carbons (Fsp3) is 0.938. The molecule has 0 aromatic rings. The van der Waals surface area contributed by atoms with Gasteiger partial charge in [0.25, 0.3) is 0 Å². The summed E-state index contributed by atoms with van der Waals surface area (Å²) in [4.78, 5) is 4.59. The van der Waals surface area contributed by atoms with E-state index in [4.69, 9.17) is 0 Å². The summed E-state index contributed by atoms with van der Waals surface area (Å²) >= 11 is 0. The quantitative estimate of drug-likeness (QED) is 0.631. The van der Waals surface area contributed by atoms with Crippen molar-refractivity contribution < 1.29 is 0 Å². The van der Waals surface area contributed by atoms with Crippen LogP contribution in [0.25, 0.3) is 0 Å². The van der Waals surface area contributed by atoms with Gasteiger partial charge in [-0.05, 0) is 80.3 Å². The van der Waals surface area contributed by atoms with Crippen LogP contribution in [0.4, 0.5) is 0 Å². The minimum atomic E-state index is -0.349. The van der Waals surface area contributed by atoms with E-state index in [-0.39, 0.29) is 5.54 Å². The van der Waals surface area contributed by atoms with Crippen molar-refractivity contribution in [2.75, 3.05) is 40.8 Å². The first-order chi connectivity index (χ1) is 9.35. The summed E-state index contributed by atoms with van der Waals surface area (Å²) in [5.74, 6) is 0. The number of hydrogen-bond acceptors (Lipinski definition) is 4. The molecule has 4 heteroatoms. The van der Waals surface area contributed by atoms with E-state index in [1.54, 1.807) is 0 Å². The first-order valence-electron chi connectivity index (χ1n) is 7.87. The summed E-state index contributed by atoms with van der Waals surface area (Å²) in [5, 5.41) is 12.9. The van der Waals surface area contributed by atoms with Crippen LogP contribution < -0.4 is 5.32 Å². The van der Waals surface area contributed by atoms with Gasteiger partial charge in [0, 0.05) is 6.04 Å². The van der Waals surface area contributed by atoms with Crippen LogP contribution in [-0.2, 0) is 0 Å². The number of nitriles is 1. The molecule has 4 nitrogen and oxygen atoms in total. The molecule has 0 aliphatic rings. The van der Waals surface area contributed by atoms with Crippen molar-refractivity contribution in [2.24, 2.45) is 0 Å². The van der Waals surface area contributed by atoms with E-state index in [0.717, 1.165) is 38.9 Å². The van der Waals surface area contributed by atoms with Gasteiger partial charge in [0.05, 0.1) is 6.07 Å². The van der Waals surface area contributed by atoms with Crippen molar-refractivity contribution in [2.45, 2.75) is 58.0 Å². The Kier molecular flexibility index (Phi) is 9.83. The molecule has 1 unspecified atom stereocenters. The van der Waals surface area contributed by atoms with Crippen LogP contribution in [0, 0.1) is 11.3 Å².